The molecule has 3 saturated carbocycles. The highest BCUT2D eigenvalue weighted by Gasteiger charge is 2.60. The Bertz CT molecular complexity index is 1510. The summed E-state index contributed by atoms with van der Waals surface area (Å²) >= 11 is 0. The van der Waals surface area contributed by atoms with Crippen LogP contribution < -0.4 is 0 Å². The molecule has 4 aliphatic rings. The van der Waals surface area contributed by atoms with Gasteiger partial charge in [0, 0.05) is 30.6 Å². The molecule has 5 heteroatoms. The van der Waals surface area contributed by atoms with E-state index in [2.05, 4.69) is 32.9 Å². The summed E-state index contributed by atoms with van der Waals surface area (Å²) in [5.74, 6) is 1.65. The van der Waals surface area contributed by atoms with E-state index in [9.17, 15) is 14.4 Å². The number of ketones is 1. The van der Waals surface area contributed by atoms with Gasteiger partial charge >= 0.3 is 11.9 Å². The molecule has 0 heterocycles. The van der Waals surface area contributed by atoms with Crippen molar-refractivity contribution in [2.45, 2.75) is 98.2 Å². The molecule has 244 valence electrons. The zero-order valence-electron chi connectivity index (χ0n) is 28.2. The maximum absolute atomic E-state index is 13.6. The molecule has 0 unspecified atom stereocenters. The summed E-state index contributed by atoms with van der Waals surface area (Å²) in [5.41, 5.74) is 3.60. The molecule has 3 fully saturated rings. The number of hydrogen-bond acceptors (Lipinski definition) is 5. The molecule has 0 aromatic heterocycles. The third kappa shape index (κ3) is 5.91. The van der Waals surface area contributed by atoms with Crippen LogP contribution in [0.2, 0.25) is 0 Å². The molecule has 0 amide bonds. The van der Waals surface area contributed by atoms with Crippen LogP contribution >= 0.6 is 0 Å². The van der Waals surface area contributed by atoms with Crippen molar-refractivity contribution in [3.8, 4) is 0 Å². The van der Waals surface area contributed by atoms with E-state index in [1.165, 1.54) is 17.6 Å². The molecule has 5 nitrogen and oxygen atoms in total. The van der Waals surface area contributed by atoms with Crippen molar-refractivity contribution >= 4 is 17.7 Å². The second kappa shape index (κ2) is 13.0. The Hall–Kier alpha value is -3.47. The second-order valence-electron chi connectivity index (χ2n) is 15.2. The number of rotatable bonds is 9. The van der Waals surface area contributed by atoms with E-state index in [-0.39, 0.29) is 40.7 Å². The number of fused-ring (bicyclic) bond motifs is 5. The highest BCUT2D eigenvalue weighted by Crippen LogP contribution is 2.66. The van der Waals surface area contributed by atoms with Crippen LogP contribution in [0.4, 0.5) is 0 Å². The number of carbonyl (C=O) groups excluding carboxylic acids is 3. The third-order valence-corrected chi connectivity index (χ3v) is 12.4. The topological polar surface area (TPSA) is 69.7 Å². The molecule has 2 aromatic carbocycles. The Morgan fingerprint density at radius 3 is 2.07 bits per heavy atom. The van der Waals surface area contributed by atoms with E-state index < -0.39 is 6.10 Å². The summed E-state index contributed by atoms with van der Waals surface area (Å²) in [6, 6.07) is 18.3. The zero-order valence-corrected chi connectivity index (χ0v) is 28.2. The number of hydrogen-bond donors (Lipinski definition) is 0. The predicted octanol–water partition coefficient (Wildman–Crippen LogP) is 9.19. The first-order chi connectivity index (χ1) is 22.0. The Kier molecular flexibility index (Phi) is 9.15. The lowest BCUT2D eigenvalue weighted by Gasteiger charge is -2.57. The fraction of sp³-hybridized carbons (Fsp3) is 0.537. The second-order valence-corrected chi connectivity index (χ2v) is 15.2. The average Bonchev–Trinajstić information content (AvgIpc) is 3.42. The smallest absolute Gasteiger partial charge is 0.338 e. The molecule has 0 N–H and O–H groups in total. The Balaban J connectivity index is 1.27. The van der Waals surface area contributed by atoms with Crippen molar-refractivity contribution in [2.24, 2.45) is 40.4 Å². The van der Waals surface area contributed by atoms with E-state index in [0.29, 0.717) is 53.9 Å². The lowest BCUT2D eigenvalue weighted by Crippen LogP contribution is -2.54. The molecule has 2 aromatic rings. The molecule has 4 aliphatic carbocycles. The lowest BCUT2D eigenvalue weighted by molar-refractivity contribution is -0.122. The number of benzene rings is 2. The molecule has 0 spiro atoms. The van der Waals surface area contributed by atoms with Crippen molar-refractivity contribution < 1.29 is 23.9 Å². The first-order valence-corrected chi connectivity index (χ1v) is 17.5. The molecule has 0 aliphatic heterocycles. The molecular weight excluding hydrogens is 572 g/mol. The van der Waals surface area contributed by atoms with Crippen molar-refractivity contribution in [3.05, 3.63) is 95.1 Å². The number of esters is 2. The van der Waals surface area contributed by atoms with Crippen LogP contribution in [0.15, 0.2) is 84.0 Å². The number of carbonyl (C=O) groups is 3. The van der Waals surface area contributed by atoms with Crippen LogP contribution in [0.1, 0.15) is 107 Å². The highest BCUT2D eigenvalue weighted by molar-refractivity contribution is 5.90. The standard InChI is InChI=1S/C41H50O5/c1-26(2)36(42)21-16-27(3)33-19-20-34-32-18-17-30-24-31(45-38(43)28-12-8-6-9-13-28)25-37(46-39(44)29-14-10-7-11-15-29)41(30,5)35(32)22-23-40(33,34)4/h6-15,17-18,26-27,31,33-35,37H,16,19-25H2,1-5H3/t27-,31-,33-,34+,35+,37+,40-,41+/m1/s1. The predicted molar refractivity (Wildman–Crippen MR) is 180 cm³/mol. The van der Waals surface area contributed by atoms with Gasteiger partial charge in [-0.25, -0.2) is 9.59 Å². The normalized spacial score (nSPS) is 32.3. The van der Waals surface area contributed by atoms with Gasteiger partial charge in [0.2, 0.25) is 0 Å². The third-order valence-electron chi connectivity index (χ3n) is 12.4. The van der Waals surface area contributed by atoms with Gasteiger partial charge in [-0.3, -0.25) is 4.79 Å². The van der Waals surface area contributed by atoms with Crippen LogP contribution in [0.25, 0.3) is 0 Å². The number of ether oxygens (including phenoxy) is 2. The van der Waals surface area contributed by atoms with Crippen LogP contribution in [-0.4, -0.2) is 29.9 Å². The van der Waals surface area contributed by atoms with Crippen molar-refractivity contribution in [1.29, 1.82) is 0 Å². The Morgan fingerprint density at radius 1 is 0.804 bits per heavy atom. The summed E-state index contributed by atoms with van der Waals surface area (Å²) in [6.45, 7) is 11.2. The van der Waals surface area contributed by atoms with Gasteiger partial charge < -0.3 is 9.47 Å². The van der Waals surface area contributed by atoms with E-state index in [1.807, 2.05) is 50.2 Å². The average molecular weight is 623 g/mol. The summed E-state index contributed by atoms with van der Waals surface area (Å²) in [7, 11) is 0. The van der Waals surface area contributed by atoms with Gasteiger partial charge in [-0.15, -0.1) is 0 Å². The van der Waals surface area contributed by atoms with E-state index in [0.717, 1.165) is 25.7 Å². The minimum absolute atomic E-state index is 0.101. The maximum atomic E-state index is 13.6. The Labute approximate surface area is 274 Å². The van der Waals surface area contributed by atoms with Crippen molar-refractivity contribution in [3.63, 3.8) is 0 Å². The molecule has 8 atom stereocenters. The SMILES string of the molecule is CC(C)C(=O)CC[C@@H](C)[C@H]1CC[C@H]2C3=CC=C4C[C@@H](OC(=O)c5ccccc5)C[C@H](OC(=O)c5ccccc5)[C@]4(C)[C@H]3CC[C@]12C. The summed E-state index contributed by atoms with van der Waals surface area (Å²) in [4.78, 5) is 39.1. The monoisotopic (exact) mass is 622 g/mol. The van der Waals surface area contributed by atoms with Crippen LogP contribution in [0.5, 0.6) is 0 Å². The lowest BCUT2D eigenvalue weighted by atomic mass is 9.49. The van der Waals surface area contributed by atoms with Gasteiger partial charge in [-0.2, -0.15) is 0 Å². The zero-order chi connectivity index (χ0) is 32.6. The maximum Gasteiger partial charge on any atom is 0.338 e. The van der Waals surface area contributed by atoms with Gasteiger partial charge in [0.05, 0.1) is 11.1 Å². The van der Waals surface area contributed by atoms with Gasteiger partial charge in [0.25, 0.3) is 0 Å². The number of Topliss-reactive ketones (excluding diaryl/α,β-unsaturated/α-hetero) is 1. The van der Waals surface area contributed by atoms with Crippen molar-refractivity contribution in [1.82, 2.24) is 0 Å². The van der Waals surface area contributed by atoms with E-state index in [1.54, 1.807) is 24.3 Å². The minimum atomic E-state index is -0.426. The van der Waals surface area contributed by atoms with E-state index >= 15 is 0 Å². The van der Waals surface area contributed by atoms with Crippen LogP contribution in [0, 0.1) is 40.4 Å². The molecular formula is C41H50O5. The first-order valence-electron chi connectivity index (χ1n) is 17.5. The summed E-state index contributed by atoms with van der Waals surface area (Å²) < 4.78 is 12.5. The fourth-order valence-electron chi connectivity index (χ4n) is 9.67. The van der Waals surface area contributed by atoms with Gasteiger partial charge in [-0.1, -0.05) is 94.3 Å². The van der Waals surface area contributed by atoms with Crippen LogP contribution in [-0.2, 0) is 14.3 Å². The first kappa shape index (κ1) is 32.5. The van der Waals surface area contributed by atoms with Crippen LogP contribution in [0.3, 0.4) is 0 Å². The van der Waals surface area contributed by atoms with Crippen molar-refractivity contribution in [2.75, 3.05) is 0 Å². The Morgan fingerprint density at radius 2 is 1.43 bits per heavy atom. The molecule has 6 rings (SSSR count). The number of allylic oxidation sites excluding steroid dienone is 3. The molecule has 46 heavy (non-hydrogen) atoms. The summed E-state index contributed by atoms with van der Waals surface area (Å²) in [6.07, 6.45) is 11.1. The molecule has 0 saturated heterocycles. The van der Waals surface area contributed by atoms with Gasteiger partial charge in [0.1, 0.15) is 18.0 Å². The minimum Gasteiger partial charge on any atom is -0.458 e. The van der Waals surface area contributed by atoms with Gasteiger partial charge in [-0.05, 0) is 85.5 Å². The van der Waals surface area contributed by atoms with E-state index in [4.69, 9.17) is 9.47 Å². The largest absolute Gasteiger partial charge is 0.458 e. The highest BCUT2D eigenvalue weighted by atomic mass is 16.6. The quantitative estimate of drug-likeness (QED) is 0.261. The summed E-state index contributed by atoms with van der Waals surface area (Å²) in [5, 5.41) is 0. The molecule has 0 radical (unpaired) electrons. The van der Waals surface area contributed by atoms with Gasteiger partial charge in [0.15, 0.2) is 0 Å². The fourth-order valence-corrected chi connectivity index (χ4v) is 9.67. The molecule has 0 bridgehead atoms.